The Morgan fingerprint density at radius 2 is 1.92 bits per heavy atom. The summed E-state index contributed by atoms with van der Waals surface area (Å²) in [4.78, 5) is 0. The first-order chi connectivity index (χ1) is 6.20. The fourth-order valence-corrected chi connectivity index (χ4v) is 0.928. The molecular weight excluding hydrogens is 168 g/mol. The third-order valence-corrected chi connectivity index (χ3v) is 1.61. The number of aliphatic hydroxyl groups is 3. The van der Waals surface area contributed by atoms with E-state index in [4.69, 9.17) is 5.11 Å². The smallest absolute Gasteiger partial charge is 0.0748 e. The zero-order valence-electron chi connectivity index (χ0n) is 7.93. The van der Waals surface area contributed by atoms with Crippen LogP contribution < -0.4 is 0 Å². The molecule has 0 aromatic rings. The standard InChI is InChI=1S/C10H18O3/c1-2-3-4-5-9(12)8-10(13)6-7-11/h2-5,9-13H,6-8H2,1H3/b3-2+,5-4+/t9-,10-/m1/s1. The highest BCUT2D eigenvalue weighted by Crippen LogP contribution is 2.03. The molecule has 0 aliphatic heterocycles. The molecule has 0 spiro atoms. The average Bonchev–Trinajstić information content (AvgIpc) is 2.05. The second kappa shape index (κ2) is 7.98. The summed E-state index contributed by atoms with van der Waals surface area (Å²) in [7, 11) is 0. The van der Waals surface area contributed by atoms with Gasteiger partial charge in [0.15, 0.2) is 0 Å². The summed E-state index contributed by atoms with van der Waals surface area (Å²) in [6.07, 6.45) is 6.32. The minimum atomic E-state index is -0.641. The van der Waals surface area contributed by atoms with Crippen LogP contribution in [0, 0.1) is 0 Å². The van der Waals surface area contributed by atoms with E-state index in [-0.39, 0.29) is 13.0 Å². The molecule has 0 bridgehead atoms. The fraction of sp³-hybridized carbons (Fsp3) is 0.600. The van der Waals surface area contributed by atoms with Gasteiger partial charge >= 0.3 is 0 Å². The Labute approximate surface area is 79.0 Å². The molecule has 0 radical (unpaired) electrons. The van der Waals surface area contributed by atoms with E-state index in [0.717, 1.165) is 0 Å². The van der Waals surface area contributed by atoms with Gasteiger partial charge in [0, 0.05) is 13.0 Å². The lowest BCUT2D eigenvalue weighted by atomic mass is 10.1. The lowest BCUT2D eigenvalue weighted by Gasteiger charge is -2.10. The van der Waals surface area contributed by atoms with E-state index in [9.17, 15) is 10.2 Å². The van der Waals surface area contributed by atoms with E-state index in [0.29, 0.717) is 6.42 Å². The van der Waals surface area contributed by atoms with Crippen LogP contribution in [0.1, 0.15) is 19.8 Å². The Bertz CT molecular complexity index is 164. The van der Waals surface area contributed by atoms with Crippen molar-refractivity contribution in [1.29, 1.82) is 0 Å². The minimum absolute atomic E-state index is 0.0491. The molecule has 0 heterocycles. The van der Waals surface area contributed by atoms with E-state index in [1.165, 1.54) is 0 Å². The molecule has 0 amide bonds. The zero-order valence-corrected chi connectivity index (χ0v) is 7.93. The van der Waals surface area contributed by atoms with Crippen LogP contribution in [0.3, 0.4) is 0 Å². The Morgan fingerprint density at radius 3 is 2.46 bits per heavy atom. The van der Waals surface area contributed by atoms with Gasteiger partial charge in [-0.1, -0.05) is 24.3 Å². The van der Waals surface area contributed by atoms with Gasteiger partial charge in [-0.3, -0.25) is 0 Å². The van der Waals surface area contributed by atoms with E-state index in [2.05, 4.69) is 0 Å². The third-order valence-electron chi connectivity index (χ3n) is 1.61. The van der Waals surface area contributed by atoms with Gasteiger partial charge in [0.05, 0.1) is 12.2 Å². The van der Waals surface area contributed by atoms with Crippen LogP contribution in [0.2, 0.25) is 0 Å². The van der Waals surface area contributed by atoms with Gasteiger partial charge in [-0.15, -0.1) is 0 Å². The first kappa shape index (κ1) is 12.4. The molecular formula is C10H18O3. The summed E-state index contributed by atoms with van der Waals surface area (Å²) in [5.74, 6) is 0. The Morgan fingerprint density at radius 1 is 1.23 bits per heavy atom. The quantitative estimate of drug-likeness (QED) is 0.533. The number of allylic oxidation sites excluding steroid dienone is 3. The topological polar surface area (TPSA) is 60.7 Å². The van der Waals surface area contributed by atoms with Gasteiger partial charge in [-0.05, 0) is 13.3 Å². The van der Waals surface area contributed by atoms with Gasteiger partial charge in [-0.2, -0.15) is 0 Å². The molecule has 0 aliphatic carbocycles. The molecule has 3 N–H and O–H groups in total. The van der Waals surface area contributed by atoms with Crippen LogP contribution in [0.4, 0.5) is 0 Å². The third kappa shape index (κ3) is 7.71. The van der Waals surface area contributed by atoms with E-state index >= 15 is 0 Å². The molecule has 0 saturated carbocycles. The summed E-state index contributed by atoms with van der Waals surface area (Å²) in [6, 6.07) is 0. The van der Waals surface area contributed by atoms with E-state index in [1.54, 1.807) is 12.2 Å². The predicted molar refractivity (Wildman–Crippen MR) is 52.3 cm³/mol. The van der Waals surface area contributed by atoms with Crippen LogP contribution in [0.15, 0.2) is 24.3 Å². The molecule has 13 heavy (non-hydrogen) atoms. The van der Waals surface area contributed by atoms with Gasteiger partial charge in [0.25, 0.3) is 0 Å². The maximum atomic E-state index is 9.31. The number of aliphatic hydroxyl groups excluding tert-OH is 3. The normalized spacial score (nSPS) is 16.9. The first-order valence-corrected chi connectivity index (χ1v) is 4.47. The molecule has 0 aliphatic rings. The summed E-state index contributed by atoms with van der Waals surface area (Å²) >= 11 is 0. The molecule has 0 saturated heterocycles. The SMILES string of the molecule is C/C=C/C=C/[C@@H](O)C[C@H](O)CCO. The van der Waals surface area contributed by atoms with Crippen LogP contribution in [0.5, 0.6) is 0 Å². The highest BCUT2D eigenvalue weighted by Gasteiger charge is 2.07. The summed E-state index contributed by atoms with van der Waals surface area (Å²) in [5, 5.41) is 27.0. The molecule has 0 fully saturated rings. The van der Waals surface area contributed by atoms with Crippen molar-refractivity contribution in [2.45, 2.75) is 32.0 Å². The number of rotatable bonds is 6. The average molecular weight is 186 g/mol. The molecule has 3 nitrogen and oxygen atoms in total. The Hall–Kier alpha value is -0.640. The van der Waals surface area contributed by atoms with Crippen LogP contribution in [0.25, 0.3) is 0 Å². The first-order valence-electron chi connectivity index (χ1n) is 4.47. The Balaban J connectivity index is 3.66. The highest BCUT2D eigenvalue weighted by atomic mass is 16.3. The predicted octanol–water partition coefficient (Wildman–Crippen LogP) is 0.613. The van der Waals surface area contributed by atoms with Gasteiger partial charge < -0.3 is 15.3 Å². The molecule has 0 aromatic heterocycles. The van der Waals surface area contributed by atoms with Crippen molar-refractivity contribution >= 4 is 0 Å². The molecule has 0 rings (SSSR count). The maximum Gasteiger partial charge on any atom is 0.0748 e. The molecule has 0 aromatic carbocycles. The van der Waals surface area contributed by atoms with Crippen molar-refractivity contribution < 1.29 is 15.3 Å². The molecule has 0 unspecified atom stereocenters. The molecule has 2 atom stereocenters. The van der Waals surface area contributed by atoms with Crippen molar-refractivity contribution in [2.24, 2.45) is 0 Å². The van der Waals surface area contributed by atoms with Crippen LogP contribution in [-0.2, 0) is 0 Å². The Kier molecular flexibility index (Phi) is 7.59. The summed E-state index contributed by atoms with van der Waals surface area (Å²) < 4.78 is 0. The van der Waals surface area contributed by atoms with Crippen molar-refractivity contribution in [3.8, 4) is 0 Å². The van der Waals surface area contributed by atoms with E-state index < -0.39 is 12.2 Å². The maximum absolute atomic E-state index is 9.31. The van der Waals surface area contributed by atoms with Crippen molar-refractivity contribution in [3.05, 3.63) is 24.3 Å². The zero-order chi connectivity index (χ0) is 10.1. The second-order valence-electron chi connectivity index (χ2n) is 2.88. The van der Waals surface area contributed by atoms with Crippen LogP contribution in [-0.4, -0.2) is 34.1 Å². The van der Waals surface area contributed by atoms with Crippen LogP contribution >= 0.6 is 0 Å². The summed E-state index contributed by atoms with van der Waals surface area (Å²) in [6.45, 7) is 1.84. The van der Waals surface area contributed by atoms with Gasteiger partial charge in [0.2, 0.25) is 0 Å². The monoisotopic (exact) mass is 186 g/mol. The number of hydrogen-bond acceptors (Lipinski definition) is 3. The van der Waals surface area contributed by atoms with Crippen molar-refractivity contribution in [2.75, 3.05) is 6.61 Å². The second-order valence-corrected chi connectivity index (χ2v) is 2.88. The lowest BCUT2D eigenvalue weighted by Crippen LogP contribution is -2.16. The van der Waals surface area contributed by atoms with Gasteiger partial charge in [0.1, 0.15) is 0 Å². The van der Waals surface area contributed by atoms with Crippen molar-refractivity contribution in [3.63, 3.8) is 0 Å². The highest BCUT2D eigenvalue weighted by molar-refractivity contribution is 5.03. The fourth-order valence-electron chi connectivity index (χ4n) is 0.928. The summed E-state index contributed by atoms with van der Waals surface area (Å²) in [5.41, 5.74) is 0. The number of hydrogen-bond donors (Lipinski definition) is 3. The molecule has 76 valence electrons. The lowest BCUT2D eigenvalue weighted by molar-refractivity contribution is 0.0825. The van der Waals surface area contributed by atoms with Crippen molar-refractivity contribution in [1.82, 2.24) is 0 Å². The molecule has 3 heteroatoms. The van der Waals surface area contributed by atoms with E-state index in [1.807, 2.05) is 19.1 Å². The minimum Gasteiger partial charge on any atom is -0.396 e. The largest absolute Gasteiger partial charge is 0.396 e. The van der Waals surface area contributed by atoms with Gasteiger partial charge in [-0.25, -0.2) is 0 Å².